The second kappa shape index (κ2) is 8.97. The van der Waals surface area contributed by atoms with Gasteiger partial charge in [0, 0.05) is 0 Å². The van der Waals surface area contributed by atoms with Crippen LogP contribution in [0.1, 0.15) is 52.9 Å². The zero-order valence-corrected chi connectivity index (χ0v) is 11.2. The van der Waals surface area contributed by atoms with Gasteiger partial charge in [-0.25, -0.2) is 0 Å². The minimum absolute atomic E-state index is 0.0772. The molecule has 0 fully saturated rings. The average Bonchev–Trinajstić information content (AvgIpc) is 2.21. The minimum atomic E-state index is -0.403. The molecule has 98 valence electrons. The summed E-state index contributed by atoms with van der Waals surface area (Å²) in [6.45, 7) is 9.12. The molecule has 0 spiro atoms. The van der Waals surface area contributed by atoms with Crippen molar-refractivity contribution in [3.05, 3.63) is 12.7 Å². The Morgan fingerprint density at radius 1 is 1.29 bits per heavy atom. The first-order valence-electron chi connectivity index (χ1n) is 6.27. The average molecular weight is 240 g/mol. The third-order valence-electron chi connectivity index (χ3n) is 2.57. The Labute approximate surface area is 104 Å². The molecular formula is C14H24O3. The van der Waals surface area contributed by atoms with Gasteiger partial charge in [0.05, 0.1) is 0 Å². The molecule has 0 saturated carbocycles. The van der Waals surface area contributed by atoms with Crippen LogP contribution in [-0.4, -0.2) is 17.9 Å². The largest absolute Gasteiger partial charge is 0.462 e. The summed E-state index contributed by atoms with van der Waals surface area (Å²) in [6, 6.07) is 0. The number of allylic oxidation sites excluding steroid dienone is 1. The fourth-order valence-electron chi connectivity index (χ4n) is 1.58. The van der Waals surface area contributed by atoms with Crippen LogP contribution in [0.4, 0.5) is 0 Å². The van der Waals surface area contributed by atoms with E-state index < -0.39 is 5.97 Å². The van der Waals surface area contributed by atoms with E-state index in [0.717, 1.165) is 25.7 Å². The summed E-state index contributed by atoms with van der Waals surface area (Å²) in [7, 11) is 0. The van der Waals surface area contributed by atoms with Gasteiger partial charge in [-0.05, 0) is 38.5 Å². The van der Waals surface area contributed by atoms with E-state index in [4.69, 9.17) is 4.74 Å². The van der Waals surface area contributed by atoms with Crippen LogP contribution in [0.5, 0.6) is 0 Å². The summed E-state index contributed by atoms with van der Waals surface area (Å²) in [6.07, 6.45) is 5.63. The molecule has 0 radical (unpaired) electrons. The summed E-state index contributed by atoms with van der Waals surface area (Å²) in [5.74, 6) is -0.265. The monoisotopic (exact) mass is 240 g/mol. The molecule has 17 heavy (non-hydrogen) atoms. The van der Waals surface area contributed by atoms with E-state index in [0.29, 0.717) is 0 Å². The highest BCUT2D eigenvalue weighted by Gasteiger charge is 2.18. The van der Waals surface area contributed by atoms with Crippen molar-refractivity contribution in [2.24, 2.45) is 5.92 Å². The number of esters is 1. The van der Waals surface area contributed by atoms with Gasteiger partial charge in [-0.2, -0.15) is 0 Å². The molecule has 0 aliphatic carbocycles. The van der Waals surface area contributed by atoms with Crippen LogP contribution in [0.15, 0.2) is 12.7 Å². The Hall–Kier alpha value is -1.12. The van der Waals surface area contributed by atoms with Gasteiger partial charge in [0.2, 0.25) is 0 Å². The first-order valence-corrected chi connectivity index (χ1v) is 6.27. The van der Waals surface area contributed by atoms with Gasteiger partial charge in [-0.15, -0.1) is 6.58 Å². The van der Waals surface area contributed by atoms with E-state index in [-0.39, 0.29) is 24.2 Å². The van der Waals surface area contributed by atoms with Crippen molar-refractivity contribution >= 4 is 11.8 Å². The Morgan fingerprint density at radius 3 is 2.41 bits per heavy atom. The smallest absolute Gasteiger partial charge is 0.313 e. The fraction of sp³-hybridized carbons (Fsp3) is 0.714. The van der Waals surface area contributed by atoms with E-state index in [2.05, 4.69) is 6.58 Å². The van der Waals surface area contributed by atoms with Crippen LogP contribution in [0.3, 0.4) is 0 Å². The highest BCUT2D eigenvalue weighted by atomic mass is 16.5. The Kier molecular flexibility index (Phi) is 8.38. The molecule has 0 aromatic carbocycles. The summed E-state index contributed by atoms with van der Waals surface area (Å²) < 4.78 is 5.32. The van der Waals surface area contributed by atoms with E-state index in [1.807, 2.05) is 19.9 Å². The Morgan fingerprint density at radius 2 is 1.94 bits per heavy atom. The predicted molar refractivity (Wildman–Crippen MR) is 68.7 cm³/mol. The van der Waals surface area contributed by atoms with Crippen LogP contribution in [-0.2, 0) is 14.3 Å². The topological polar surface area (TPSA) is 43.4 Å². The van der Waals surface area contributed by atoms with Crippen molar-refractivity contribution in [1.82, 2.24) is 0 Å². The lowest BCUT2D eigenvalue weighted by atomic mass is 10.0. The summed E-state index contributed by atoms with van der Waals surface area (Å²) >= 11 is 0. The first kappa shape index (κ1) is 15.9. The molecule has 1 unspecified atom stereocenters. The van der Waals surface area contributed by atoms with E-state index in [1.54, 1.807) is 0 Å². The molecule has 0 N–H and O–H groups in total. The third kappa shape index (κ3) is 8.66. The predicted octanol–water partition coefficient (Wildman–Crippen LogP) is 3.28. The van der Waals surface area contributed by atoms with Crippen molar-refractivity contribution in [3.63, 3.8) is 0 Å². The number of ether oxygens (including phenoxy) is 1. The molecule has 0 aromatic rings. The lowest BCUT2D eigenvalue weighted by Crippen LogP contribution is -2.24. The number of hydrogen-bond donors (Lipinski definition) is 0. The molecule has 0 bridgehead atoms. The molecule has 0 saturated heterocycles. The number of carbonyl (C=O) groups is 2. The van der Waals surface area contributed by atoms with Crippen molar-refractivity contribution in [3.8, 4) is 0 Å². The van der Waals surface area contributed by atoms with E-state index >= 15 is 0 Å². The van der Waals surface area contributed by atoms with Crippen LogP contribution in [0.2, 0.25) is 0 Å². The molecule has 3 heteroatoms. The van der Waals surface area contributed by atoms with Crippen LogP contribution >= 0.6 is 0 Å². The molecule has 0 amide bonds. The summed E-state index contributed by atoms with van der Waals surface area (Å²) in [4.78, 5) is 22.2. The zero-order chi connectivity index (χ0) is 13.3. The maximum absolute atomic E-state index is 11.4. The lowest BCUT2D eigenvalue weighted by Gasteiger charge is -2.21. The maximum atomic E-state index is 11.4. The van der Waals surface area contributed by atoms with Gasteiger partial charge in [-0.3, -0.25) is 9.59 Å². The fourth-order valence-corrected chi connectivity index (χ4v) is 1.58. The highest BCUT2D eigenvalue weighted by molar-refractivity contribution is 5.94. The van der Waals surface area contributed by atoms with Gasteiger partial charge in [-0.1, -0.05) is 19.9 Å². The first-order chi connectivity index (χ1) is 7.97. The summed E-state index contributed by atoms with van der Waals surface area (Å²) in [5, 5.41) is 0. The molecule has 0 heterocycles. The minimum Gasteiger partial charge on any atom is -0.462 e. The van der Waals surface area contributed by atoms with Crippen molar-refractivity contribution in [1.29, 1.82) is 0 Å². The van der Waals surface area contributed by atoms with E-state index in [1.165, 1.54) is 6.92 Å². The Bertz CT molecular complexity index is 256. The highest BCUT2D eigenvalue weighted by Crippen LogP contribution is 2.16. The van der Waals surface area contributed by atoms with E-state index in [9.17, 15) is 9.59 Å². The maximum Gasteiger partial charge on any atom is 0.313 e. The third-order valence-corrected chi connectivity index (χ3v) is 2.57. The molecular weight excluding hydrogens is 216 g/mol. The van der Waals surface area contributed by atoms with Crippen molar-refractivity contribution in [2.45, 2.75) is 59.0 Å². The SMILES string of the molecule is C=CCCCCC(OC(=O)CC(C)=O)C(C)C. The molecule has 1 atom stereocenters. The van der Waals surface area contributed by atoms with Gasteiger partial charge >= 0.3 is 5.97 Å². The van der Waals surface area contributed by atoms with Crippen LogP contribution in [0, 0.1) is 5.92 Å². The molecule has 3 nitrogen and oxygen atoms in total. The number of ketones is 1. The van der Waals surface area contributed by atoms with Gasteiger partial charge < -0.3 is 4.74 Å². The number of rotatable bonds is 9. The number of hydrogen-bond acceptors (Lipinski definition) is 3. The van der Waals surface area contributed by atoms with Gasteiger partial charge in [0.25, 0.3) is 0 Å². The summed E-state index contributed by atoms with van der Waals surface area (Å²) in [5.41, 5.74) is 0. The molecule has 0 aliphatic heterocycles. The molecule has 0 aromatic heterocycles. The van der Waals surface area contributed by atoms with Crippen LogP contribution in [0.25, 0.3) is 0 Å². The second-order valence-electron chi connectivity index (χ2n) is 4.72. The normalized spacial score (nSPS) is 12.2. The van der Waals surface area contributed by atoms with Crippen molar-refractivity contribution < 1.29 is 14.3 Å². The molecule has 0 aliphatic rings. The quantitative estimate of drug-likeness (QED) is 0.269. The standard InChI is InChI=1S/C14H24O3/c1-5-6-7-8-9-13(11(2)3)17-14(16)10-12(4)15/h5,11,13H,1,6-10H2,2-4H3. The zero-order valence-electron chi connectivity index (χ0n) is 11.2. The van der Waals surface area contributed by atoms with Crippen LogP contribution < -0.4 is 0 Å². The van der Waals surface area contributed by atoms with Gasteiger partial charge in [0.1, 0.15) is 18.3 Å². The lowest BCUT2D eigenvalue weighted by molar-refractivity contribution is -0.153. The molecule has 0 rings (SSSR count). The number of Topliss-reactive ketones (excluding diaryl/α,β-unsaturated/α-hetero) is 1. The van der Waals surface area contributed by atoms with Gasteiger partial charge in [0.15, 0.2) is 0 Å². The Balaban J connectivity index is 4.01. The number of unbranched alkanes of at least 4 members (excludes halogenated alkanes) is 2. The second-order valence-corrected chi connectivity index (χ2v) is 4.72. The van der Waals surface area contributed by atoms with Crippen molar-refractivity contribution in [2.75, 3.05) is 0 Å². The number of carbonyl (C=O) groups excluding carboxylic acids is 2.